The molecule has 2 rings (SSSR count). The summed E-state index contributed by atoms with van der Waals surface area (Å²) in [5.41, 5.74) is 2.10. The first-order chi connectivity index (χ1) is 6.61. The van der Waals surface area contributed by atoms with E-state index in [1.807, 2.05) is 0 Å². The van der Waals surface area contributed by atoms with Crippen LogP contribution in [0.2, 0.25) is 0 Å². The molecule has 14 heavy (non-hydrogen) atoms. The molecule has 0 aromatic rings. The van der Waals surface area contributed by atoms with Crippen molar-refractivity contribution in [2.45, 2.75) is 19.4 Å². The van der Waals surface area contributed by atoms with Gasteiger partial charge in [0.1, 0.15) is 6.10 Å². The van der Waals surface area contributed by atoms with Crippen LogP contribution in [0.1, 0.15) is 13.3 Å². The van der Waals surface area contributed by atoms with Gasteiger partial charge in [-0.2, -0.15) is 0 Å². The molecule has 2 N–H and O–H groups in total. The molecule has 0 bridgehead atoms. The lowest BCUT2D eigenvalue weighted by molar-refractivity contribution is -0.124. The number of hydrogen-bond donors (Lipinski definition) is 2. The number of hydrogen-bond acceptors (Lipinski definition) is 4. The Kier molecular flexibility index (Phi) is 2.00. The molecular weight excluding hydrogens is 182 g/mol. The maximum Gasteiger partial charge on any atom is 0.229 e. The van der Waals surface area contributed by atoms with Gasteiger partial charge in [0.2, 0.25) is 5.78 Å². The molecule has 0 aromatic heterocycles. The Hall–Kier alpha value is -1.42. The van der Waals surface area contributed by atoms with Crippen LogP contribution in [0.3, 0.4) is 0 Å². The van der Waals surface area contributed by atoms with Gasteiger partial charge in [0.15, 0.2) is 5.76 Å². The van der Waals surface area contributed by atoms with Crippen molar-refractivity contribution in [2.24, 2.45) is 4.99 Å². The van der Waals surface area contributed by atoms with Crippen molar-refractivity contribution in [3.8, 4) is 0 Å². The molecule has 0 radical (unpaired) electrons. The molecule has 4 heteroatoms. The van der Waals surface area contributed by atoms with E-state index in [-0.39, 0.29) is 5.76 Å². The Morgan fingerprint density at radius 3 is 3.00 bits per heavy atom. The minimum absolute atomic E-state index is 0.302. The van der Waals surface area contributed by atoms with E-state index in [0.29, 0.717) is 24.1 Å². The first-order valence-electron chi connectivity index (χ1n) is 4.49. The summed E-state index contributed by atoms with van der Waals surface area (Å²) in [5.74, 6) is -0.914. The van der Waals surface area contributed by atoms with Gasteiger partial charge in [-0.05, 0) is 19.4 Å². The normalized spacial score (nSPS) is 27.0. The highest BCUT2D eigenvalue weighted by Gasteiger charge is 2.30. The molecule has 0 amide bonds. The second kappa shape index (κ2) is 3.06. The van der Waals surface area contributed by atoms with E-state index >= 15 is 0 Å². The van der Waals surface area contributed by atoms with E-state index in [0.717, 1.165) is 5.71 Å². The Bertz CT molecular complexity index is 390. The Labute approximate surface area is 81.3 Å². The molecule has 74 valence electrons. The topological polar surface area (TPSA) is 69.9 Å². The molecule has 0 fully saturated rings. The molecule has 0 aromatic carbocycles. The summed E-state index contributed by atoms with van der Waals surface area (Å²) in [5, 5.41) is 18.9. The molecule has 2 aliphatic rings. The molecule has 1 aliphatic heterocycles. The van der Waals surface area contributed by atoms with Crippen molar-refractivity contribution in [1.29, 1.82) is 0 Å². The minimum atomic E-state index is -1.23. The van der Waals surface area contributed by atoms with Crippen molar-refractivity contribution < 1.29 is 15.0 Å². The number of rotatable bonds is 0. The van der Waals surface area contributed by atoms with Gasteiger partial charge >= 0.3 is 0 Å². The van der Waals surface area contributed by atoms with Crippen LogP contribution in [0.15, 0.2) is 28.0 Å². The fraction of sp³-hybridized carbons (Fsp3) is 0.400. The average Bonchev–Trinajstić information content (AvgIpc) is 2.17. The Morgan fingerprint density at radius 2 is 2.29 bits per heavy atom. The van der Waals surface area contributed by atoms with Crippen LogP contribution in [0.4, 0.5) is 0 Å². The van der Waals surface area contributed by atoms with Gasteiger partial charge in [0.05, 0.1) is 0 Å². The number of aliphatic imine (C=N–C) groups is 1. The molecule has 1 aliphatic carbocycles. The van der Waals surface area contributed by atoms with Gasteiger partial charge in [-0.1, -0.05) is 0 Å². The van der Waals surface area contributed by atoms with Crippen LogP contribution >= 0.6 is 0 Å². The van der Waals surface area contributed by atoms with E-state index in [1.165, 1.54) is 6.08 Å². The Balaban J connectivity index is 2.54. The van der Waals surface area contributed by atoms with Gasteiger partial charge in [-0.3, -0.25) is 9.79 Å². The van der Waals surface area contributed by atoms with Crippen LogP contribution in [0.25, 0.3) is 0 Å². The van der Waals surface area contributed by atoms with Crippen LogP contribution in [-0.2, 0) is 4.79 Å². The summed E-state index contributed by atoms with van der Waals surface area (Å²) in [6, 6.07) is 0. The number of carbonyl (C=O) groups is 1. The summed E-state index contributed by atoms with van der Waals surface area (Å²) >= 11 is 0. The summed E-state index contributed by atoms with van der Waals surface area (Å²) in [6.45, 7) is 2.40. The fourth-order valence-corrected chi connectivity index (χ4v) is 1.76. The van der Waals surface area contributed by atoms with Gasteiger partial charge in [-0.15, -0.1) is 0 Å². The number of fused-ring (bicyclic) bond motifs is 1. The smallest absolute Gasteiger partial charge is 0.229 e. The lowest BCUT2D eigenvalue weighted by atomic mass is 9.87. The zero-order valence-corrected chi connectivity index (χ0v) is 7.82. The predicted octanol–water partition coefficient (Wildman–Crippen LogP) is 0.533. The van der Waals surface area contributed by atoms with Crippen LogP contribution < -0.4 is 0 Å². The summed E-state index contributed by atoms with van der Waals surface area (Å²) < 4.78 is 0. The number of carbonyl (C=O) groups excluding carboxylic acids is 1. The van der Waals surface area contributed by atoms with Gasteiger partial charge in [-0.25, -0.2) is 0 Å². The van der Waals surface area contributed by atoms with Crippen LogP contribution in [-0.4, -0.2) is 34.4 Å². The monoisotopic (exact) mass is 193 g/mol. The first-order valence-corrected chi connectivity index (χ1v) is 4.49. The highest BCUT2D eigenvalue weighted by atomic mass is 16.3. The third kappa shape index (κ3) is 1.19. The standard InChI is InChI=1S/C10H11NO3/c1-5-7-4-8(12)10(14)9(13)6(7)2-3-11-5/h4,8,12-13H,2-3H2,1H3. The van der Waals surface area contributed by atoms with Crippen molar-refractivity contribution in [1.82, 2.24) is 0 Å². The third-order valence-corrected chi connectivity index (χ3v) is 2.54. The van der Waals surface area contributed by atoms with E-state index in [9.17, 15) is 15.0 Å². The highest BCUT2D eigenvalue weighted by molar-refractivity contribution is 6.10. The van der Waals surface area contributed by atoms with Gasteiger partial charge in [0.25, 0.3) is 0 Å². The van der Waals surface area contributed by atoms with E-state index in [2.05, 4.69) is 4.99 Å². The number of aliphatic hydroxyl groups is 2. The number of aliphatic hydroxyl groups excluding tert-OH is 2. The first kappa shape index (κ1) is 9.15. The Morgan fingerprint density at radius 1 is 1.57 bits per heavy atom. The molecule has 1 unspecified atom stereocenters. The second-order valence-electron chi connectivity index (χ2n) is 3.43. The lowest BCUT2D eigenvalue weighted by Crippen LogP contribution is -2.29. The number of ketones is 1. The summed E-state index contributed by atoms with van der Waals surface area (Å²) in [6.07, 6.45) is 0.792. The quantitative estimate of drug-likeness (QED) is 0.589. The maximum atomic E-state index is 11.2. The average molecular weight is 193 g/mol. The van der Waals surface area contributed by atoms with Crippen LogP contribution in [0.5, 0.6) is 0 Å². The lowest BCUT2D eigenvalue weighted by Gasteiger charge is -2.23. The SMILES string of the molecule is CC1=NCCC2=C(O)C(=O)C(O)C=C12. The van der Waals surface area contributed by atoms with E-state index < -0.39 is 11.9 Å². The number of Topliss-reactive ketones (excluding diaryl/α,β-unsaturated/α-hetero) is 1. The largest absolute Gasteiger partial charge is 0.504 e. The zero-order chi connectivity index (χ0) is 10.3. The summed E-state index contributed by atoms with van der Waals surface area (Å²) in [4.78, 5) is 15.4. The molecule has 4 nitrogen and oxygen atoms in total. The third-order valence-electron chi connectivity index (χ3n) is 2.54. The van der Waals surface area contributed by atoms with E-state index in [4.69, 9.17) is 0 Å². The van der Waals surface area contributed by atoms with E-state index in [1.54, 1.807) is 6.92 Å². The molecule has 1 heterocycles. The molecule has 0 saturated heterocycles. The second-order valence-corrected chi connectivity index (χ2v) is 3.43. The maximum absolute atomic E-state index is 11.2. The highest BCUT2D eigenvalue weighted by Crippen LogP contribution is 2.28. The number of allylic oxidation sites excluding steroid dienone is 1. The van der Waals surface area contributed by atoms with Crippen molar-refractivity contribution in [2.75, 3.05) is 6.54 Å². The predicted molar refractivity (Wildman–Crippen MR) is 51.3 cm³/mol. The van der Waals surface area contributed by atoms with Crippen molar-refractivity contribution >= 4 is 11.5 Å². The number of nitrogens with zero attached hydrogens (tertiary/aromatic N) is 1. The van der Waals surface area contributed by atoms with Gasteiger partial charge in [0, 0.05) is 23.4 Å². The summed E-state index contributed by atoms with van der Waals surface area (Å²) in [7, 11) is 0. The minimum Gasteiger partial charge on any atom is -0.504 e. The molecule has 1 atom stereocenters. The van der Waals surface area contributed by atoms with Crippen molar-refractivity contribution in [3.05, 3.63) is 23.0 Å². The van der Waals surface area contributed by atoms with Crippen molar-refractivity contribution in [3.63, 3.8) is 0 Å². The van der Waals surface area contributed by atoms with Crippen LogP contribution in [0, 0.1) is 0 Å². The molecule has 0 saturated carbocycles. The molecular formula is C10H11NO3. The van der Waals surface area contributed by atoms with Gasteiger partial charge < -0.3 is 10.2 Å². The fourth-order valence-electron chi connectivity index (χ4n) is 1.76. The zero-order valence-electron chi connectivity index (χ0n) is 7.82. The molecule has 0 spiro atoms.